The largest absolute Gasteiger partial charge is 0.456 e. The van der Waals surface area contributed by atoms with Crippen molar-refractivity contribution in [1.29, 1.82) is 0 Å². The Balaban J connectivity index is 1.50. The summed E-state index contributed by atoms with van der Waals surface area (Å²) in [6.07, 6.45) is 6.11. The summed E-state index contributed by atoms with van der Waals surface area (Å²) in [4.78, 5) is 31.7. The number of rotatable bonds is 7. The van der Waals surface area contributed by atoms with Crippen molar-refractivity contribution in [1.82, 2.24) is 29.8 Å². The molecule has 0 aliphatic carbocycles. The van der Waals surface area contributed by atoms with Gasteiger partial charge in [0, 0.05) is 50.8 Å². The van der Waals surface area contributed by atoms with Crippen LogP contribution >= 0.6 is 0 Å². The Kier molecular flexibility index (Phi) is 6.95. The maximum atomic E-state index is 16.0. The highest BCUT2D eigenvalue weighted by Crippen LogP contribution is 2.38. The van der Waals surface area contributed by atoms with E-state index in [1.807, 2.05) is 37.3 Å². The minimum absolute atomic E-state index is 0.0392. The highest BCUT2D eigenvalue weighted by Gasteiger charge is 2.25. The lowest BCUT2D eigenvalue weighted by molar-refractivity contribution is -0.131. The number of ether oxygens (including phenoxy) is 1. The first-order valence-corrected chi connectivity index (χ1v) is 12.4. The summed E-state index contributed by atoms with van der Waals surface area (Å²) in [6, 6.07) is 10.8. The van der Waals surface area contributed by atoms with Gasteiger partial charge in [-0.3, -0.25) is 14.3 Å². The number of amides is 2. The Morgan fingerprint density at radius 1 is 1.18 bits per heavy atom. The molecule has 2 aromatic carbocycles. The monoisotopic (exact) mass is 516 g/mol. The topological polar surface area (TPSA) is 96.3 Å². The number of aryl methyl sites for hydroxylation is 2. The zero-order valence-corrected chi connectivity index (χ0v) is 21.6. The van der Waals surface area contributed by atoms with E-state index in [1.165, 1.54) is 4.90 Å². The van der Waals surface area contributed by atoms with E-state index in [0.29, 0.717) is 47.5 Å². The van der Waals surface area contributed by atoms with Crippen LogP contribution in [0.4, 0.5) is 4.39 Å². The van der Waals surface area contributed by atoms with Crippen molar-refractivity contribution in [3.05, 3.63) is 77.5 Å². The van der Waals surface area contributed by atoms with Crippen molar-refractivity contribution in [2.75, 3.05) is 27.2 Å². The molecule has 0 atom stereocenters. The molecule has 1 aliphatic rings. The van der Waals surface area contributed by atoms with Gasteiger partial charge in [0.1, 0.15) is 17.2 Å². The molecule has 0 bridgehead atoms. The first kappa shape index (κ1) is 25.2. The van der Waals surface area contributed by atoms with Gasteiger partial charge in [-0.1, -0.05) is 29.5 Å². The molecule has 0 fully saturated rings. The van der Waals surface area contributed by atoms with Crippen molar-refractivity contribution >= 4 is 28.3 Å². The Morgan fingerprint density at radius 2 is 2.00 bits per heavy atom. The van der Waals surface area contributed by atoms with Gasteiger partial charge in [-0.15, -0.1) is 5.10 Å². The van der Waals surface area contributed by atoms with Crippen LogP contribution in [0.1, 0.15) is 34.5 Å². The van der Waals surface area contributed by atoms with Gasteiger partial charge in [0.05, 0.1) is 18.3 Å². The number of benzene rings is 2. The number of carbonyl (C=O) groups excluding carboxylic acids is 2. The molecule has 9 nitrogen and oxygen atoms in total. The zero-order valence-electron chi connectivity index (χ0n) is 21.6. The summed E-state index contributed by atoms with van der Waals surface area (Å²) < 4.78 is 23.9. The SMILES string of the molecule is Cc1ccccc1Oc1cc(C2=CCCN(C(=O)CCn3ccnn3)C2)c(F)c2[nH]c(C(=O)N(C)C)cc12. The van der Waals surface area contributed by atoms with Gasteiger partial charge in [0.15, 0.2) is 5.82 Å². The van der Waals surface area contributed by atoms with Crippen molar-refractivity contribution in [2.24, 2.45) is 0 Å². The average Bonchev–Trinajstić information content (AvgIpc) is 3.60. The molecule has 2 aromatic heterocycles. The number of aromatic nitrogens is 4. The van der Waals surface area contributed by atoms with E-state index in [-0.39, 0.29) is 36.0 Å². The molecule has 0 saturated heterocycles. The van der Waals surface area contributed by atoms with E-state index in [0.717, 1.165) is 5.56 Å². The van der Waals surface area contributed by atoms with E-state index in [1.54, 1.807) is 48.2 Å². The fourth-order valence-electron chi connectivity index (χ4n) is 4.56. The van der Waals surface area contributed by atoms with Crippen LogP contribution in [0.3, 0.4) is 0 Å². The third-order valence-electron chi connectivity index (χ3n) is 6.64. The van der Waals surface area contributed by atoms with Crippen LogP contribution in [0.5, 0.6) is 11.5 Å². The van der Waals surface area contributed by atoms with Crippen molar-refractivity contribution in [3.63, 3.8) is 0 Å². The van der Waals surface area contributed by atoms with E-state index in [9.17, 15) is 9.59 Å². The molecule has 0 unspecified atom stereocenters. The number of aromatic amines is 1. The van der Waals surface area contributed by atoms with E-state index in [4.69, 9.17) is 4.74 Å². The normalized spacial score (nSPS) is 13.5. The lowest BCUT2D eigenvalue weighted by Gasteiger charge is -2.28. The lowest BCUT2D eigenvalue weighted by atomic mass is 9.98. The van der Waals surface area contributed by atoms with E-state index in [2.05, 4.69) is 15.3 Å². The lowest BCUT2D eigenvalue weighted by Crippen LogP contribution is -2.36. The smallest absolute Gasteiger partial charge is 0.269 e. The quantitative estimate of drug-likeness (QED) is 0.393. The number of para-hydroxylation sites is 1. The number of halogens is 1. The van der Waals surface area contributed by atoms with Crippen LogP contribution in [0.15, 0.2) is 54.9 Å². The molecule has 3 heterocycles. The van der Waals surface area contributed by atoms with Gasteiger partial charge < -0.3 is 19.5 Å². The molecule has 2 amide bonds. The number of fused-ring (bicyclic) bond motifs is 1. The molecule has 5 rings (SSSR count). The summed E-state index contributed by atoms with van der Waals surface area (Å²) in [5.74, 6) is 0.261. The van der Waals surface area contributed by atoms with Crippen LogP contribution in [-0.4, -0.2) is 68.8 Å². The minimum Gasteiger partial charge on any atom is -0.456 e. The summed E-state index contributed by atoms with van der Waals surface area (Å²) in [7, 11) is 3.28. The molecule has 1 aliphatic heterocycles. The van der Waals surface area contributed by atoms with Crippen LogP contribution < -0.4 is 4.74 Å². The summed E-state index contributed by atoms with van der Waals surface area (Å²) in [5.41, 5.74) is 2.40. The standard InChI is InChI=1S/C28H29FN6O3/c1-18-7-4-5-9-23(18)38-24-16-20(26(29)27-21(24)15-22(31-27)28(37)33(2)3)19-8-6-12-34(17-19)25(36)10-13-35-14-11-30-32-35/h4-5,7-9,11,14-16,31H,6,10,12-13,17H2,1-3H3. The second-order valence-corrected chi connectivity index (χ2v) is 9.52. The Morgan fingerprint density at radius 3 is 2.74 bits per heavy atom. The van der Waals surface area contributed by atoms with Gasteiger partial charge in [-0.05, 0) is 42.7 Å². The summed E-state index contributed by atoms with van der Waals surface area (Å²) in [5, 5.41) is 8.14. The minimum atomic E-state index is -0.488. The predicted octanol–water partition coefficient (Wildman–Crippen LogP) is 4.41. The van der Waals surface area contributed by atoms with Gasteiger partial charge in [-0.25, -0.2) is 4.39 Å². The second-order valence-electron chi connectivity index (χ2n) is 9.52. The molecular formula is C28H29FN6O3. The average molecular weight is 517 g/mol. The van der Waals surface area contributed by atoms with Gasteiger partial charge >= 0.3 is 0 Å². The molecular weight excluding hydrogens is 487 g/mol. The first-order chi connectivity index (χ1) is 18.3. The fraction of sp³-hybridized carbons (Fsp3) is 0.286. The maximum Gasteiger partial charge on any atom is 0.269 e. The molecule has 10 heteroatoms. The number of H-pyrrole nitrogens is 1. The number of nitrogens with zero attached hydrogens (tertiary/aromatic N) is 5. The number of nitrogens with one attached hydrogen (secondary N) is 1. The van der Waals surface area contributed by atoms with Gasteiger partial charge in [0.25, 0.3) is 5.91 Å². The molecule has 0 radical (unpaired) electrons. The van der Waals surface area contributed by atoms with E-state index < -0.39 is 5.82 Å². The van der Waals surface area contributed by atoms with Crippen molar-refractivity contribution < 1.29 is 18.7 Å². The predicted molar refractivity (Wildman–Crippen MR) is 141 cm³/mol. The molecule has 0 spiro atoms. The molecule has 196 valence electrons. The van der Waals surface area contributed by atoms with Gasteiger partial charge in [0.2, 0.25) is 5.91 Å². The highest BCUT2D eigenvalue weighted by atomic mass is 19.1. The van der Waals surface area contributed by atoms with Crippen LogP contribution in [-0.2, 0) is 11.3 Å². The summed E-state index contributed by atoms with van der Waals surface area (Å²) in [6.45, 7) is 3.18. The van der Waals surface area contributed by atoms with E-state index >= 15 is 4.39 Å². The fourth-order valence-corrected chi connectivity index (χ4v) is 4.56. The van der Waals surface area contributed by atoms with Crippen molar-refractivity contribution in [3.8, 4) is 11.5 Å². The number of hydrogen-bond acceptors (Lipinski definition) is 5. The van der Waals surface area contributed by atoms with Gasteiger partial charge in [-0.2, -0.15) is 0 Å². The van der Waals surface area contributed by atoms with Crippen LogP contribution in [0, 0.1) is 12.7 Å². The zero-order chi connectivity index (χ0) is 26.8. The molecule has 1 N–H and O–H groups in total. The molecule has 4 aromatic rings. The third kappa shape index (κ3) is 5.02. The third-order valence-corrected chi connectivity index (χ3v) is 6.64. The highest BCUT2D eigenvalue weighted by molar-refractivity contribution is 6.01. The second kappa shape index (κ2) is 10.5. The summed E-state index contributed by atoms with van der Waals surface area (Å²) >= 11 is 0. The molecule has 0 saturated carbocycles. The van der Waals surface area contributed by atoms with Crippen LogP contribution in [0.25, 0.3) is 16.5 Å². The van der Waals surface area contributed by atoms with Crippen molar-refractivity contribution in [2.45, 2.75) is 26.3 Å². The first-order valence-electron chi connectivity index (χ1n) is 12.4. The number of carbonyl (C=O) groups is 2. The van der Waals surface area contributed by atoms with Crippen LogP contribution in [0.2, 0.25) is 0 Å². The Hall–Kier alpha value is -4.47. The maximum absolute atomic E-state index is 16.0. The Bertz CT molecular complexity index is 1520. The molecule has 38 heavy (non-hydrogen) atoms. The number of hydrogen-bond donors (Lipinski definition) is 1. The Labute approximate surface area is 219 Å².